The highest BCUT2D eigenvalue weighted by molar-refractivity contribution is 7.20. The molecule has 0 unspecified atom stereocenters. The fourth-order valence-electron chi connectivity index (χ4n) is 3.72. The summed E-state index contributed by atoms with van der Waals surface area (Å²) in [6.07, 6.45) is 3.98. The molecule has 2 aliphatic heterocycles. The molecular weight excluding hydrogens is 338 g/mol. The van der Waals surface area contributed by atoms with Gasteiger partial charge in [0.15, 0.2) is 0 Å². The number of carbonyl (C=O) groups excluding carboxylic acids is 1. The molecule has 1 atom stereocenters. The van der Waals surface area contributed by atoms with Crippen molar-refractivity contribution in [2.75, 3.05) is 24.5 Å². The Bertz CT molecular complexity index is 852. The number of anilines is 1. The fraction of sp³-hybridized carbons (Fsp3) is 0.647. The van der Waals surface area contributed by atoms with Gasteiger partial charge in [-0.3, -0.25) is 9.59 Å². The van der Waals surface area contributed by atoms with Crippen LogP contribution in [0.4, 0.5) is 5.13 Å². The van der Waals surface area contributed by atoms with Crippen molar-refractivity contribution in [3.05, 3.63) is 22.1 Å². The maximum atomic E-state index is 13.0. The minimum absolute atomic E-state index is 0.161. The third kappa shape index (κ3) is 3.03. The summed E-state index contributed by atoms with van der Waals surface area (Å²) >= 11 is 1.39. The normalized spacial score (nSPS) is 22.1. The first-order valence-corrected chi connectivity index (χ1v) is 9.77. The molecule has 4 rings (SSSR count). The van der Waals surface area contributed by atoms with Gasteiger partial charge in [-0.05, 0) is 38.5 Å². The second kappa shape index (κ2) is 6.40. The van der Waals surface area contributed by atoms with Crippen LogP contribution in [0.2, 0.25) is 0 Å². The van der Waals surface area contributed by atoms with E-state index in [9.17, 15) is 9.59 Å². The highest BCUT2D eigenvalue weighted by Crippen LogP contribution is 2.30. The zero-order valence-electron chi connectivity index (χ0n) is 14.6. The van der Waals surface area contributed by atoms with Gasteiger partial charge in [0, 0.05) is 31.4 Å². The third-order valence-electron chi connectivity index (χ3n) is 5.24. The summed E-state index contributed by atoms with van der Waals surface area (Å²) < 4.78 is 1.34. The van der Waals surface area contributed by atoms with E-state index < -0.39 is 0 Å². The van der Waals surface area contributed by atoms with Gasteiger partial charge in [-0.2, -0.15) is 4.52 Å². The van der Waals surface area contributed by atoms with Crippen molar-refractivity contribution in [3.8, 4) is 0 Å². The van der Waals surface area contributed by atoms with E-state index in [4.69, 9.17) is 0 Å². The van der Waals surface area contributed by atoms with Crippen LogP contribution in [0.3, 0.4) is 0 Å². The molecule has 0 N–H and O–H groups in total. The van der Waals surface area contributed by atoms with Gasteiger partial charge in [0.25, 0.3) is 5.56 Å². The van der Waals surface area contributed by atoms with E-state index in [1.165, 1.54) is 21.9 Å². The molecule has 2 fully saturated rings. The van der Waals surface area contributed by atoms with E-state index in [1.54, 1.807) is 6.92 Å². The minimum atomic E-state index is -0.169. The van der Waals surface area contributed by atoms with Gasteiger partial charge in [0.05, 0.1) is 0 Å². The topological polar surface area (TPSA) is 70.8 Å². The smallest absolute Gasteiger partial charge is 0.275 e. The average molecular weight is 361 g/mol. The van der Waals surface area contributed by atoms with E-state index in [2.05, 4.69) is 21.9 Å². The molecule has 2 saturated heterocycles. The number of amides is 1. The number of aromatic nitrogens is 3. The zero-order chi connectivity index (χ0) is 17.6. The number of nitrogens with zero attached hydrogens (tertiary/aromatic N) is 5. The Kier molecular flexibility index (Phi) is 4.23. The standard InChI is InChI=1S/C17H23N5O2S/c1-11-5-8-20(9-6-11)15(24)13-4-3-7-21(13)17-19-22-14(23)10-12(2)18-16(22)25-17/h10-11,13H,3-9H2,1-2H3/t13-/m0/s1. The highest BCUT2D eigenvalue weighted by atomic mass is 32.1. The molecule has 0 radical (unpaired) electrons. The predicted octanol–water partition coefficient (Wildman–Crippen LogP) is 1.69. The summed E-state index contributed by atoms with van der Waals surface area (Å²) in [5, 5.41) is 5.16. The minimum Gasteiger partial charge on any atom is -0.341 e. The molecule has 7 nitrogen and oxygen atoms in total. The van der Waals surface area contributed by atoms with Crippen LogP contribution in [0, 0.1) is 12.8 Å². The molecular formula is C17H23N5O2S. The Hall–Kier alpha value is -1.96. The molecule has 2 aromatic rings. The molecule has 0 spiro atoms. The van der Waals surface area contributed by atoms with E-state index in [0.717, 1.165) is 50.4 Å². The molecule has 0 aliphatic carbocycles. The van der Waals surface area contributed by atoms with Crippen LogP contribution in [0.1, 0.15) is 38.3 Å². The van der Waals surface area contributed by atoms with Gasteiger partial charge in [0.2, 0.25) is 16.0 Å². The molecule has 1 amide bonds. The lowest BCUT2D eigenvalue weighted by atomic mass is 9.98. The van der Waals surface area contributed by atoms with Gasteiger partial charge in [-0.15, -0.1) is 5.10 Å². The van der Waals surface area contributed by atoms with E-state index in [1.807, 2.05) is 4.90 Å². The van der Waals surface area contributed by atoms with E-state index >= 15 is 0 Å². The van der Waals surface area contributed by atoms with E-state index in [-0.39, 0.29) is 17.5 Å². The molecule has 4 heterocycles. The number of hydrogen-bond acceptors (Lipinski definition) is 6. The summed E-state index contributed by atoms with van der Waals surface area (Å²) in [4.78, 5) is 34.1. The van der Waals surface area contributed by atoms with Crippen molar-refractivity contribution < 1.29 is 4.79 Å². The van der Waals surface area contributed by atoms with Crippen LogP contribution < -0.4 is 10.5 Å². The lowest BCUT2D eigenvalue weighted by Gasteiger charge is -2.34. The van der Waals surface area contributed by atoms with Crippen LogP contribution in [0.25, 0.3) is 4.96 Å². The molecule has 134 valence electrons. The molecule has 2 aromatic heterocycles. The predicted molar refractivity (Wildman–Crippen MR) is 97.2 cm³/mol. The second-order valence-electron chi connectivity index (χ2n) is 7.17. The Morgan fingerprint density at radius 2 is 2.00 bits per heavy atom. The molecule has 0 saturated carbocycles. The fourth-order valence-corrected chi connectivity index (χ4v) is 4.75. The van der Waals surface area contributed by atoms with Crippen LogP contribution in [0.15, 0.2) is 10.9 Å². The summed E-state index contributed by atoms with van der Waals surface area (Å²) in [6.45, 7) is 6.56. The number of aryl methyl sites for hydroxylation is 1. The third-order valence-corrected chi connectivity index (χ3v) is 6.19. The molecule has 2 aliphatic rings. The largest absolute Gasteiger partial charge is 0.341 e. The summed E-state index contributed by atoms with van der Waals surface area (Å²) in [7, 11) is 0. The first-order chi connectivity index (χ1) is 12.0. The Balaban J connectivity index is 1.60. The number of carbonyl (C=O) groups is 1. The second-order valence-corrected chi connectivity index (χ2v) is 8.11. The SMILES string of the molecule is Cc1cc(=O)n2nc(N3CCC[C@H]3C(=O)N3CCC(C)CC3)sc2n1. The lowest BCUT2D eigenvalue weighted by Crippen LogP contribution is -2.48. The lowest BCUT2D eigenvalue weighted by molar-refractivity contribution is -0.133. The number of hydrogen-bond donors (Lipinski definition) is 0. The molecule has 25 heavy (non-hydrogen) atoms. The number of likely N-dealkylation sites (tertiary alicyclic amines) is 1. The van der Waals surface area contributed by atoms with Gasteiger partial charge in [-0.1, -0.05) is 18.3 Å². The van der Waals surface area contributed by atoms with Crippen LogP contribution >= 0.6 is 11.3 Å². The Labute approximate surface area is 150 Å². The van der Waals surface area contributed by atoms with Gasteiger partial charge < -0.3 is 9.80 Å². The first kappa shape index (κ1) is 16.5. The van der Waals surface area contributed by atoms with E-state index in [0.29, 0.717) is 16.6 Å². The maximum Gasteiger partial charge on any atom is 0.275 e. The first-order valence-electron chi connectivity index (χ1n) is 8.96. The van der Waals surface area contributed by atoms with Crippen LogP contribution in [-0.2, 0) is 4.79 Å². The highest BCUT2D eigenvalue weighted by Gasteiger charge is 2.36. The molecule has 0 bridgehead atoms. The summed E-state index contributed by atoms with van der Waals surface area (Å²) in [5.74, 6) is 0.911. The van der Waals surface area contributed by atoms with Crippen molar-refractivity contribution in [1.29, 1.82) is 0 Å². The van der Waals surface area contributed by atoms with Crippen LogP contribution in [0.5, 0.6) is 0 Å². The summed E-state index contributed by atoms with van der Waals surface area (Å²) in [6, 6.07) is 1.32. The maximum absolute atomic E-state index is 13.0. The molecule has 0 aromatic carbocycles. The van der Waals surface area contributed by atoms with Gasteiger partial charge in [-0.25, -0.2) is 4.98 Å². The van der Waals surface area contributed by atoms with Crippen molar-refractivity contribution in [1.82, 2.24) is 19.5 Å². The molecule has 8 heteroatoms. The Morgan fingerprint density at radius 1 is 1.24 bits per heavy atom. The quantitative estimate of drug-likeness (QED) is 0.814. The van der Waals surface area contributed by atoms with Crippen LogP contribution in [-0.4, -0.2) is 51.1 Å². The monoisotopic (exact) mass is 361 g/mol. The van der Waals surface area contributed by atoms with Crippen molar-refractivity contribution in [2.45, 2.75) is 45.6 Å². The summed E-state index contributed by atoms with van der Waals surface area (Å²) in [5.41, 5.74) is 0.522. The van der Waals surface area contributed by atoms with Crippen molar-refractivity contribution in [3.63, 3.8) is 0 Å². The van der Waals surface area contributed by atoms with Gasteiger partial charge >= 0.3 is 0 Å². The average Bonchev–Trinajstić information content (AvgIpc) is 3.21. The number of fused-ring (bicyclic) bond motifs is 1. The number of piperidine rings is 1. The van der Waals surface area contributed by atoms with Gasteiger partial charge in [0.1, 0.15) is 6.04 Å². The van der Waals surface area contributed by atoms with Crippen molar-refractivity contribution in [2.24, 2.45) is 5.92 Å². The van der Waals surface area contributed by atoms with Crippen molar-refractivity contribution >= 4 is 27.3 Å². The number of rotatable bonds is 2. The Morgan fingerprint density at radius 3 is 2.76 bits per heavy atom. The zero-order valence-corrected chi connectivity index (χ0v) is 15.5.